The Bertz CT molecular complexity index is 1240. The summed E-state index contributed by atoms with van der Waals surface area (Å²) in [6, 6.07) is 25.7. The number of rotatable bonds is 7. The van der Waals surface area contributed by atoms with Gasteiger partial charge in [0.05, 0.1) is 17.3 Å². The minimum Gasteiger partial charge on any atom is -0.479 e. The number of hydrogen-bond donors (Lipinski definition) is 3. The molecule has 0 aliphatic heterocycles. The molecule has 0 spiro atoms. The second-order valence-corrected chi connectivity index (χ2v) is 7.18. The third kappa shape index (κ3) is 4.17. The molecule has 4 rings (SSSR count). The first-order valence-corrected chi connectivity index (χ1v) is 9.92. The molecule has 154 valence electrons. The first-order valence-electron chi connectivity index (χ1n) is 9.92. The second kappa shape index (κ2) is 8.81. The van der Waals surface area contributed by atoms with Crippen LogP contribution in [0.3, 0.4) is 0 Å². The molecule has 0 amide bonds. The van der Waals surface area contributed by atoms with E-state index in [1.54, 1.807) is 18.2 Å². The summed E-state index contributed by atoms with van der Waals surface area (Å²) in [6.07, 6.45) is 0.0894. The van der Waals surface area contributed by atoms with Crippen molar-refractivity contribution in [3.05, 3.63) is 103 Å². The molecule has 4 aromatic rings. The molecule has 0 aliphatic rings. The van der Waals surface area contributed by atoms with Crippen LogP contribution in [0.4, 0.5) is 5.69 Å². The smallest absolute Gasteiger partial charge is 0.335 e. The van der Waals surface area contributed by atoms with Gasteiger partial charge in [0.25, 0.3) is 0 Å². The van der Waals surface area contributed by atoms with Crippen molar-refractivity contribution in [1.82, 2.24) is 4.98 Å². The van der Waals surface area contributed by atoms with E-state index in [2.05, 4.69) is 11.9 Å². The summed E-state index contributed by atoms with van der Waals surface area (Å²) in [5, 5.41) is 24.1. The van der Waals surface area contributed by atoms with Gasteiger partial charge in [0, 0.05) is 22.2 Å². The van der Waals surface area contributed by atoms with Crippen LogP contribution in [0.2, 0.25) is 0 Å². The average molecular weight is 410 g/mol. The Balaban J connectivity index is 1.78. The molecule has 0 fully saturated rings. The fourth-order valence-corrected chi connectivity index (χ4v) is 3.67. The summed E-state index contributed by atoms with van der Waals surface area (Å²) in [4.78, 5) is 16.3. The Labute approximate surface area is 180 Å². The van der Waals surface area contributed by atoms with Crippen molar-refractivity contribution in [3.8, 4) is 11.3 Å². The summed E-state index contributed by atoms with van der Waals surface area (Å²) in [5.41, 5.74) is 4.65. The number of nitrogens with one attached hydrogen (secondary N) is 1. The molecule has 0 saturated carbocycles. The van der Waals surface area contributed by atoms with E-state index < -0.39 is 18.1 Å². The van der Waals surface area contributed by atoms with E-state index >= 15 is 0 Å². The third-order valence-corrected chi connectivity index (χ3v) is 5.22. The van der Waals surface area contributed by atoms with Crippen molar-refractivity contribution in [1.29, 1.82) is 0 Å². The first-order chi connectivity index (χ1) is 15.1. The minimum atomic E-state index is -1.62. The molecule has 0 saturated heterocycles. The summed E-state index contributed by atoms with van der Waals surface area (Å²) in [7, 11) is 0. The van der Waals surface area contributed by atoms with Crippen molar-refractivity contribution in [2.75, 3.05) is 5.32 Å². The number of nitrogens with zero attached hydrogens (tertiary/aromatic N) is 1. The number of aromatic nitrogens is 1. The van der Waals surface area contributed by atoms with Gasteiger partial charge in [-0.1, -0.05) is 79.4 Å². The van der Waals surface area contributed by atoms with E-state index in [1.807, 2.05) is 72.8 Å². The van der Waals surface area contributed by atoms with Crippen molar-refractivity contribution in [3.63, 3.8) is 0 Å². The van der Waals surface area contributed by atoms with Crippen LogP contribution >= 0.6 is 0 Å². The number of anilines is 1. The molecular formula is C26H22N2O3. The Morgan fingerprint density at radius 2 is 1.68 bits per heavy atom. The molecule has 2 atom stereocenters. The average Bonchev–Trinajstić information content (AvgIpc) is 2.82. The van der Waals surface area contributed by atoms with Gasteiger partial charge < -0.3 is 15.5 Å². The van der Waals surface area contributed by atoms with E-state index in [-0.39, 0.29) is 0 Å². The van der Waals surface area contributed by atoms with E-state index in [1.165, 1.54) is 0 Å². The maximum atomic E-state index is 11.6. The lowest BCUT2D eigenvalue weighted by Crippen LogP contribution is -2.32. The van der Waals surface area contributed by atoms with Crippen LogP contribution in [0.15, 0.2) is 91.5 Å². The highest BCUT2D eigenvalue weighted by Crippen LogP contribution is 2.33. The first kappa shape index (κ1) is 20.3. The number of carbonyl (C=O) groups is 1. The predicted octanol–water partition coefficient (Wildman–Crippen LogP) is 5.14. The Morgan fingerprint density at radius 1 is 0.935 bits per heavy atom. The molecule has 3 aromatic carbocycles. The summed E-state index contributed by atoms with van der Waals surface area (Å²) in [6.45, 7) is 3.95. The van der Waals surface area contributed by atoms with E-state index in [0.29, 0.717) is 11.3 Å². The van der Waals surface area contributed by atoms with E-state index in [0.717, 1.165) is 27.7 Å². The summed E-state index contributed by atoms with van der Waals surface area (Å²) >= 11 is 0. The number of aliphatic carboxylic acids is 1. The molecule has 5 nitrogen and oxygen atoms in total. The van der Waals surface area contributed by atoms with Gasteiger partial charge in [0.2, 0.25) is 0 Å². The number of pyridine rings is 1. The van der Waals surface area contributed by atoms with Gasteiger partial charge in [0.15, 0.2) is 6.10 Å². The van der Waals surface area contributed by atoms with Crippen molar-refractivity contribution >= 4 is 28.6 Å². The number of carboxylic acid groups (broad SMARTS) is 1. The van der Waals surface area contributed by atoms with Crippen LogP contribution in [0.25, 0.3) is 28.2 Å². The zero-order chi connectivity index (χ0) is 21.8. The Kier molecular flexibility index (Phi) is 5.78. The van der Waals surface area contributed by atoms with Crippen LogP contribution in [-0.4, -0.2) is 27.3 Å². The summed E-state index contributed by atoms with van der Waals surface area (Å²) < 4.78 is 0. The lowest BCUT2D eigenvalue weighted by Gasteiger charge is -2.25. The Hall–Kier alpha value is -3.96. The lowest BCUT2D eigenvalue weighted by atomic mass is 9.97. The molecule has 1 heterocycles. The predicted molar refractivity (Wildman–Crippen MR) is 124 cm³/mol. The van der Waals surface area contributed by atoms with Crippen LogP contribution in [0.1, 0.15) is 17.2 Å². The fraction of sp³-hybridized carbons (Fsp3) is 0.0769. The monoisotopic (exact) mass is 410 g/mol. The molecule has 31 heavy (non-hydrogen) atoms. The van der Waals surface area contributed by atoms with Gasteiger partial charge in [-0.25, -0.2) is 9.78 Å². The highest BCUT2D eigenvalue weighted by atomic mass is 16.4. The maximum Gasteiger partial charge on any atom is 0.335 e. The molecule has 0 bridgehead atoms. The molecule has 1 unspecified atom stereocenters. The van der Waals surface area contributed by atoms with Gasteiger partial charge >= 0.3 is 5.97 Å². The summed E-state index contributed by atoms with van der Waals surface area (Å²) in [5.74, 6) is -1.30. The van der Waals surface area contributed by atoms with Crippen molar-refractivity contribution in [2.45, 2.75) is 12.1 Å². The zero-order valence-electron chi connectivity index (χ0n) is 16.8. The van der Waals surface area contributed by atoms with E-state index in [4.69, 9.17) is 4.98 Å². The van der Waals surface area contributed by atoms with Crippen molar-refractivity contribution < 1.29 is 15.0 Å². The number of para-hydroxylation sites is 1. The van der Waals surface area contributed by atoms with Gasteiger partial charge in [-0.2, -0.15) is 0 Å². The topological polar surface area (TPSA) is 82.5 Å². The maximum absolute atomic E-state index is 11.6. The van der Waals surface area contributed by atoms with Crippen LogP contribution in [0, 0.1) is 0 Å². The normalized spacial score (nSPS) is 12.8. The standard InChI is InChI=1S/C26H22N2O3/c1-2-19-20(23-16-15-17-9-6-7-13-21(17)27-23)12-8-14-22(19)28-24(25(29)26(30)31)18-10-4-3-5-11-18/h2-16,24-25,28-29H,1H2,(H,30,31)/t24?,25-/m1/s1. The number of aliphatic hydroxyl groups is 1. The van der Waals surface area contributed by atoms with Gasteiger partial charge in [-0.15, -0.1) is 0 Å². The molecule has 0 aliphatic carbocycles. The van der Waals surface area contributed by atoms with Crippen molar-refractivity contribution in [2.24, 2.45) is 0 Å². The van der Waals surface area contributed by atoms with Crippen LogP contribution in [-0.2, 0) is 4.79 Å². The quantitative estimate of drug-likeness (QED) is 0.393. The lowest BCUT2D eigenvalue weighted by molar-refractivity contribution is -0.147. The molecule has 0 radical (unpaired) electrons. The van der Waals surface area contributed by atoms with Gasteiger partial charge in [-0.05, 0) is 23.8 Å². The second-order valence-electron chi connectivity index (χ2n) is 7.18. The molecule has 3 N–H and O–H groups in total. The number of benzene rings is 3. The number of carboxylic acids is 1. The van der Waals surface area contributed by atoms with E-state index in [9.17, 15) is 15.0 Å². The number of fused-ring (bicyclic) bond motifs is 1. The minimum absolute atomic E-state index is 0.664. The molecule has 5 heteroatoms. The fourth-order valence-electron chi connectivity index (χ4n) is 3.67. The van der Waals surface area contributed by atoms with Crippen LogP contribution in [0.5, 0.6) is 0 Å². The molecule has 1 aromatic heterocycles. The van der Waals surface area contributed by atoms with Crippen LogP contribution < -0.4 is 5.32 Å². The number of aliphatic hydroxyl groups excluding tert-OH is 1. The van der Waals surface area contributed by atoms with Gasteiger partial charge in [-0.3, -0.25) is 0 Å². The SMILES string of the molecule is C=Cc1c(NC(c2ccccc2)[C@@H](O)C(=O)O)cccc1-c1ccc2ccccc2n1. The highest BCUT2D eigenvalue weighted by Gasteiger charge is 2.28. The third-order valence-electron chi connectivity index (χ3n) is 5.22. The zero-order valence-corrected chi connectivity index (χ0v) is 16.8. The highest BCUT2D eigenvalue weighted by molar-refractivity contribution is 5.86. The molecular weight excluding hydrogens is 388 g/mol. The number of hydrogen-bond acceptors (Lipinski definition) is 4. The Morgan fingerprint density at radius 3 is 2.42 bits per heavy atom. The van der Waals surface area contributed by atoms with Gasteiger partial charge in [0.1, 0.15) is 0 Å². The largest absolute Gasteiger partial charge is 0.479 e.